The number of benzene rings is 1. The average molecular weight is 337 g/mol. The number of carbonyl (C=O) groups is 2. The zero-order chi connectivity index (χ0) is 16.9. The molecule has 0 bridgehead atoms. The van der Waals surface area contributed by atoms with Gasteiger partial charge in [-0.3, -0.25) is 4.79 Å². The first-order valence-corrected chi connectivity index (χ1v) is 7.95. The molecule has 24 heavy (non-hydrogen) atoms. The maximum Gasteiger partial charge on any atom is 0.315 e. The van der Waals surface area contributed by atoms with Gasteiger partial charge in [0.25, 0.3) is 0 Å². The third kappa shape index (κ3) is 4.58. The molecule has 0 unspecified atom stereocenters. The fourth-order valence-corrected chi connectivity index (χ4v) is 2.47. The van der Waals surface area contributed by atoms with Crippen molar-refractivity contribution in [3.05, 3.63) is 29.1 Å². The van der Waals surface area contributed by atoms with E-state index in [1.807, 2.05) is 0 Å². The lowest BCUT2D eigenvalue weighted by Crippen LogP contribution is -2.43. The van der Waals surface area contributed by atoms with Crippen LogP contribution in [0, 0.1) is 5.82 Å². The molecule has 0 saturated heterocycles. The Hall–Kier alpha value is -2.35. The van der Waals surface area contributed by atoms with Crippen molar-refractivity contribution in [3.8, 4) is 5.75 Å². The van der Waals surface area contributed by atoms with E-state index < -0.39 is 0 Å². The summed E-state index contributed by atoms with van der Waals surface area (Å²) >= 11 is 0. The van der Waals surface area contributed by atoms with Gasteiger partial charge >= 0.3 is 6.03 Å². The molecule has 8 heteroatoms. The Labute approximate surface area is 138 Å². The number of nitrogens with one attached hydrogen (secondary N) is 3. The summed E-state index contributed by atoms with van der Waals surface area (Å²) in [6.07, 6.45) is 2.41. The number of urea groups is 1. The van der Waals surface area contributed by atoms with Crippen molar-refractivity contribution in [3.63, 3.8) is 0 Å². The molecule has 1 aromatic rings. The van der Waals surface area contributed by atoms with E-state index in [2.05, 4.69) is 16.0 Å². The van der Waals surface area contributed by atoms with Gasteiger partial charge in [0.1, 0.15) is 11.6 Å². The molecule has 2 aliphatic rings. The van der Waals surface area contributed by atoms with Gasteiger partial charge in [0.05, 0.1) is 13.2 Å². The van der Waals surface area contributed by atoms with Crippen LogP contribution in [-0.2, 0) is 22.6 Å². The highest BCUT2D eigenvalue weighted by Gasteiger charge is 2.23. The van der Waals surface area contributed by atoms with Crippen LogP contribution >= 0.6 is 0 Å². The number of ether oxygens (including phenoxy) is 2. The van der Waals surface area contributed by atoms with Crippen molar-refractivity contribution in [1.82, 2.24) is 16.0 Å². The molecule has 1 aromatic carbocycles. The Morgan fingerprint density at radius 3 is 2.88 bits per heavy atom. The summed E-state index contributed by atoms with van der Waals surface area (Å²) in [5, 5.41) is 7.92. The fourth-order valence-electron chi connectivity index (χ4n) is 2.47. The Morgan fingerprint density at radius 2 is 2.08 bits per heavy atom. The predicted molar refractivity (Wildman–Crippen MR) is 83.0 cm³/mol. The van der Waals surface area contributed by atoms with Crippen LogP contribution < -0.4 is 20.7 Å². The Morgan fingerprint density at radius 1 is 1.25 bits per heavy atom. The van der Waals surface area contributed by atoms with Gasteiger partial charge in [0.2, 0.25) is 5.91 Å². The van der Waals surface area contributed by atoms with Crippen molar-refractivity contribution in [1.29, 1.82) is 0 Å². The Balaban J connectivity index is 1.43. The minimum absolute atomic E-state index is 0.0931. The van der Waals surface area contributed by atoms with Crippen LogP contribution in [0.25, 0.3) is 0 Å². The van der Waals surface area contributed by atoms with Crippen molar-refractivity contribution >= 4 is 11.9 Å². The van der Waals surface area contributed by atoms with E-state index in [4.69, 9.17) is 9.47 Å². The lowest BCUT2D eigenvalue weighted by atomic mass is 10.1. The van der Waals surface area contributed by atoms with E-state index in [1.54, 1.807) is 0 Å². The van der Waals surface area contributed by atoms with Crippen molar-refractivity contribution in [2.45, 2.75) is 31.9 Å². The minimum Gasteiger partial charge on any atom is -0.467 e. The largest absolute Gasteiger partial charge is 0.467 e. The normalized spacial score (nSPS) is 15.9. The number of hydrogen-bond donors (Lipinski definition) is 3. The van der Waals surface area contributed by atoms with E-state index in [9.17, 15) is 14.0 Å². The van der Waals surface area contributed by atoms with E-state index in [0.717, 1.165) is 12.8 Å². The van der Waals surface area contributed by atoms with Crippen LogP contribution in [0.1, 0.15) is 24.0 Å². The van der Waals surface area contributed by atoms with Gasteiger partial charge in [-0.25, -0.2) is 9.18 Å². The molecule has 0 radical (unpaired) electrons. The summed E-state index contributed by atoms with van der Waals surface area (Å²) in [5.74, 6) is -0.0307. The number of amides is 3. The van der Waals surface area contributed by atoms with Gasteiger partial charge in [-0.1, -0.05) is 0 Å². The monoisotopic (exact) mass is 337 g/mol. The standard InChI is InChI=1S/C16H20FN3O4/c17-12-5-10(15-11(6-12)8-23-9-24-15)3-4-18-14(21)7-19-16(22)20-13-1-2-13/h5-6,13H,1-4,7-9H2,(H,18,21)(H2,19,20,22). The summed E-state index contributed by atoms with van der Waals surface area (Å²) in [7, 11) is 0. The Bertz CT molecular complexity index is 634. The molecule has 0 atom stereocenters. The second-order valence-electron chi connectivity index (χ2n) is 5.87. The molecule has 3 amide bonds. The van der Waals surface area contributed by atoms with Crippen molar-refractivity contribution in [2.24, 2.45) is 0 Å². The van der Waals surface area contributed by atoms with Gasteiger partial charge in [-0.2, -0.15) is 0 Å². The molecule has 0 spiro atoms. The summed E-state index contributed by atoms with van der Waals surface area (Å²) in [5.41, 5.74) is 1.36. The molecule has 1 heterocycles. The SMILES string of the molecule is O=C(CNC(=O)NC1CC1)NCCc1cc(F)cc2c1OCOC2. The smallest absolute Gasteiger partial charge is 0.315 e. The van der Waals surface area contributed by atoms with Crippen LogP contribution in [0.2, 0.25) is 0 Å². The van der Waals surface area contributed by atoms with Gasteiger partial charge < -0.3 is 25.4 Å². The zero-order valence-electron chi connectivity index (χ0n) is 13.2. The summed E-state index contributed by atoms with van der Waals surface area (Å²) in [6.45, 7) is 0.680. The lowest BCUT2D eigenvalue weighted by molar-refractivity contribution is -0.120. The highest BCUT2D eigenvalue weighted by atomic mass is 19.1. The van der Waals surface area contributed by atoms with E-state index in [0.29, 0.717) is 36.4 Å². The molecule has 3 rings (SSSR count). The molecule has 130 valence electrons. The molecule has 1 aliphatic carbocycles. The first-order chi connectivity index (χ1) is 11.6. The van der Waals surface area contributed by atoms with Crippen molar-refractivity contribution in [2.75, 3.05) is 19.9 Å². The van der Waals surface area contributed by atoms with Crippen LogP contribution in [0.4, 0.5) is 9.18 Å². The molecule has 3 N–H and O–H groups in total. The van der Waals surface area contributed by atoms with Gasteiger partial charge in [0.15, 0.2) is 6.79 Å². The molecule has 1 fully saturated rings. The van der Waals surface area contributed by atoms with E-state index in [-0.39, 0.29) is 37.1 Å². The zero-order valence-corrected chi connectivity index (χ0v) is 13.2. The highest BCUT2D eigenvalue weighted by Crippen LogP contribution is 2.29. The molecular weight excluding hydrogens is 317 g/mol. The second kappa shape index (κ2) is 7.48. The van der Waals surface area contributed by atoms with E-state index >= 15 is 0 Å². The van der Waals surface area contributed by atoms with Crippen LogP contribution in [-0.4, -0.2) is 37.9 Å². The van der Waals surface area contributed by atoms with Gasteiger partial charge in [-0.05, 0) is 37.0 Å². The average Bonchev–Trinajstić information content (AvgIpc) is 3.36. The number of rotatable bonds is 6. The van der Waals surface area contributed by atoms with E-state index in [1.165, 1.54) is 12.1 Å². The third-order valence-corrected chi connectivity index (χ3v) is 3.79. The molecule has 1 saturated carbocycles. The Kier molecular flexibility index (Phi) is 5.14. The fraction of sp³-hybridized carbons (Fsp3) is 0.500. The highest BCUT2D eigenvalue weighted by molar-refractivity contribution is 5.84. The second-order valence-corrected chi connectivity index (χ2v) is 5.87. The van der Waals surface area contributed by atoms with Crippen LogP contribution in [0.15, 0.2) is 12.1 Å². The number of carbonyl (C=O) groups excluding carboxylic acids is 2. The first-order valence-electron chi connectivity index (χ1n) is 7.95. The quantitative estimate of drug-likeness (QED) is 0.717. The van der Waals surface area contributed by atoms with Crippen molar-refractivity contribution < 1.29 is 23.5 Å². The third-order valence-electron chi connectivity index (χ3n) is 3.79. The van der Waals surface area contributed by atoms with Gasteiger partial charge in [0, 0.05) is 18.2 Å². The topological polar surface area (TPSA) is 88.7 Å². The number of halogens is 1. The summed E-state index contributed by atoms with van der Waals surface area (Å²) in [4.78, 5) is 23.1. The predicted octanol–water partition coefficient (Wildman–Crippen LogP) is 0.812. The summed E-state index contributed by atoms with van der Waals surface area (Å²) < 4.78 is 24.2. The first kappa shape index (κ1) is 16.5. The molecular formula is C16H20FN3O4. The van der Waals surface area contributed by atoms with Crippen LogP contribution in [0.3, 0.4) is 0 Å². The number of fused-ring (bicyclic) bond motifs is 1. The maximum absolute atomic E-state index is 13.6. The molecule has 1 aliphatic heterocycles. The maximum atomic E-state index is 13.6. The molecule has 7 nitrogen and oxygen atoms in total. The minimum atomic E-state index is -0.359. The molecule has 0 aromatic heterocycles. The number of hydrogen-bond acceptors (Lipinski definition) is 4. The summed E-state index contributed by atoms with van der Waals surface area (Å²) in [6, 6.07) is 2.70. The lowest BCUT2D eigenvalue weighted by Gasteiger charge is -2.21. The van der Waals surface area contributed by atoms with Gasteiger partial charge in [-0.15, -0.1) is 0 Å². The van der Waals surface area contributed by atoms with Crippen LogP contribution in [0.5, 0.6) is 5.75 Å².